The molecule has 6 heteroatoms. The van der Waals surface area contributed by atoms with Crippen molar-refractivity contribution in [3.8, 4) is 0 Å². The Kier molecular flexibility index (Phi) is 6.78. The molecule has 1 aromatic rings. The van der Waals surface area contributed by atoms with Crippen LogP contribution in [-0.2, 0) is 20.8 Å². The van der Waals surface area contributed by atoms with Gasteiger partial charge in [-0.05, 0) is 31.5 Å². The fourth-order valence-corrected chi connectivity index (χ4v) is 3.86. The number of methoxy groups -OCH3 is 1. The van der Waals surface area contributed by atoms with Crippen LogP contribution in [-0.4, -0.2) is 86.6 Å². The summed E-state index contributed by atoms with van der Waals surface area (Å²) in [6, 6.07) is 4.11. The van der Waals surface area contributed by atoms with Gasteiger partial charge in [0.05, 0.1) is 25.9 Å². The van der Waals surface area contributed by atoms with Gasteiger partial charge in [0.15, 0.2) is 0 Å². The lowest BCUT2D eigenvalue weighted by atomic mass is 10.00. The third kappa shape index (κ3) is 5.46. The Hall–Kier alpha value is -1.05. The fourth-order valence-electron chi connectivity index (χ4n) is 3.86. The minimum Gasteiger partial charge on any atom is -0.383 e. The van der Waals surface area contributed by atoms with Gasteiger partial charge < -0.3 is 14.2 Å². The molecule has 0 aliphatic carbocycles. The van der Waals surface area contributed by atoms with E-state index < -0.39 is 0 Å². The number of hydrogen-bond donors (Lipinski definition) is 0. The summed E-state index contributed by atoms with van der Waals surface area (Å²) in [5.41, 5.74) is 1.09. The van der Waals surface area contributed by atoms with Crippen molar-refractivity contribution in [2.45, 2.75) is 31.1 Å². The minimum absolute atomic E-state index is 0.149. The van der Waals surface area contributed by atoms with Gasteiger partial charge >= 0.3 is 0 Å². The second-order valence-corrected chi connectivity index (χ2v) is 7.34. The number of hydrogen-bond acceptors (Lipinski definition) is 6. The predicted octanol–water partition coefficient (Wildman–Crippen LogP) is 1.41. The summed E-state index contributed by atoms with van der Waals surface area (Å²) in [5, 5.41) is 0. The quantitative estimate of drug-likeness (QED) is 0.742. The van der Waals surface area contributed by atoms with Crippen LogP contribution in [0.4, 0.5) is 0 Å². The normalized spacial score (nSPS) is 27.9. The summed E-state index contributed by atoms with van der Waals surface area (Å²) in [7, 11) is 3.90. The van der Waals surface area contributed by atoms with Gasteiger partial charge in [0.2, 0.25) is 0 Å². The third-order valence-corrected chi connectivity index (χ3v) is 5.07. The van der Waals surface area contributed by atoms with Crippen molar-refractivity contribution in [2.24, 2.45) is 0 Å². The zero-order valence-electron chi connectivity index (χ0n) is 15.5. The van der Waals surface area contributed by atoms with Crippen LogP contribution >= 0.6 is 0 Å². The molecule has 3 rings (SSSR count). The molecule has 1 spiro atoms. The van der Waals surface area contributed by atoms with Gasteiger partial charge in [0.1, 0.15) is 5.60 Å². The van der Waals surface area contributed by atoms with Crippen molar-refractivity contribution < 1.29 is 14.2 Å². The number of pyridine rings is 1. The summed E-state index contributed by atoms with van der Waals surface area (Å²) in [5.74, 6) is 0. The highest BCUT2D eigenvalue weighted by atomic mass is 16.6. The minimum atomic E-state index is -0.149. The molecule has 140 valence electrons. The number of nitrogens with zero attached hydrogens (tertiary/aromatic N) is 3. The second kappa shape index (κ2) is 9.05. The number of rotatable bonds is 7. The molecule has 0 radical (unpaired) electrons. The molecule has 0 saturated carbocycles. The van der Waals surface area contributed by atoms with E-state index in [2.05, 4.69) is 27.9 Å². The van der Waals surface area contributed by atoms with Gasteiger partial charge in [0.25, 0.3) is 0 Å². The lowest BCUT2D eigenvalue weighted by Gasteiger charge is -2.32. The predicted molar refractivity (Wildman–Crippen MR) is 96.5 cm³/mol. The maximum Gasteiger partial charge on any atom is 0.105 e. The summed E-state index contributed by atoms with van der Waals surface area (Å²) in [4.78, 5) is 8.93. The van der Waals surface area contributed by atoms with Gasteiger partial charge in [-0.15, -0.1) is 0 Å². The van der Waals surface area contributed by atoms with Crippen LogP contribution < -0.4 is 0 Å². The summed E-state index contributed by atoms with van der Waals surface area (Å²) < 4.78 is 17.6. The highest BCUT2D eigenvalue weighted by Gasteiger charge is 2.43. The largest absolute Gasteiger partial charge is 0.383 e. The van der Waals surface area contributed by atoms with Crippen molar-refractivity contribution >= 4 is 0 Å². The molecule has 0 amide bonds. The molecule has 6 nitrogen and oxygen atoms in total. The maximum atomic E-state index is 6.52. The molecule has 0 N–H and O–H groups in total. The fraction of sp³-hybridized carbons (Fsp3) is 0.737. The molecule has 2 atom stereocenters. The summed E-state index contributed by atoms with van der Waals surface area (Å²) in [6.45, 7) is 6.93. The van der Waals surface area contributed by atoms with E-state index in [0.717, 1.165) is 58.8 Å². The molecule has 1 aromatic heterocycles. The number of aromatic nitrogens is 1. The van der Waals surface area contributed by atoms with E-state index >= 15 is 0 Å². The van der Waals surface area contributed by atoms with E-state index in [-0.39, 0.29) is 11.7 Å². The van der Waals surface area contributed by atoms with Crippen molar-refractivity contribution in [3.05, 3.63) is 30.1 Å². The average Bonchev–Trinajstić information content (AvgIpc) is 2.87. The SMILES string of the molecule is COCCN1CCOC[C@@]2(CC[C@@H](CN(C)Cc3cccnc3)O2)C1. The van der Waals surface area contributed by atoms with Crippen LogP contribution in [0.2, 0.25) is 0 Å². The Balaban J connectivity index is 1.51. The molecule has 0 aromatic carbocycles. The van der Waals surface area contributed by atoms with E-state index in [0.29, 0.717) is 6.61 Å². The Labute approximate surface area is 151 Å². The third-order valence-electron chi connectivity index (χ3n) is 5.07. The van der Waals surface area contributed by atoms with Crippen LogP contribution in [0, 0.1) is 0 Å². The molecule has 25 heavy (non-hydrogen) atoms. The Morgan fingerprint density at radius 3 is 3.20 bits per heavy atom. The van der Waals surface area contributed by atoms with E-state index in [1.165, 1.54) is 5.56 Å². The first kappa shape index (κ1) is 18.7. The smallest absolute Gasteiger partial charge is 0.105 e. The maximum absolute atomic E-state index is 6.52. The molecule has 2 saturated heterocycles. The van der Waals surface area contributed by atoms with E-state index in [1.54, 1.807) is 7.11 Å². The molecule has 0 unspecified atom stereocenters. The van der Waals surface area contributed by atoms with Crippen molar-refractivity contribution in [1.29, 1.82) is 0 Å². The van der Waals surface area contributed by atoms with E-state index in [1.807, 2.05) is 18.5 Å². The zero-order chi connectivity index (χ0) is 17.5. The first-order valence-corrected chi connectivity index (χ1v) is 9.23. The van der Waals surface area contributed by atoms with Crippen LogP contribution in [0.25, 0.3) is 0 Å². The van der Waals surface area contributed by atoms with Gasteiger partial charge in [-0.3, -0.25) is 14.8 Å². The molecule has 2 fully saturated rings. The summed E-state index contributed by atoms with van der Waals surface area (Å²) >= 11 is 0. The monoisotopic (exact) mass is 349 g/mol. The van der Waals surface area contributed by atoms with Crippen LogP contribution in [0.5, 0.6) is 0 Å². The van der Waals surface area contributed by atoms with Crippen LogP contribution in [0.3, 0.4) is 0 Å². The van der Waals surface area contributed by atoms with E-state index in [4.69, 9.17) is 14.2 Å². The number of ether oxygens (including phenoxy) is 3. The first-order valence-electron chi connectivity index (χ1n) is 9.23. The standard InChI is InChI=1S/C19H31N3O3/c1-21(13-17-4-3-7-20-12-17)14-18-5-6-19(25-18)15-22(8-10-23-2)9-11-24-16-19/h3-4,7,12,18H,5-6,8-11,13-16H2,1-2H3/t18-,19+/m0/s1. The first-order chi connectivity index (χ1) is 12.2. The zero-order valence-corrected chi connectivity index (χ0v) is 15.5. The van der Waals surface area contributed by atoms with Crippen LogP contribution in [0.15, 0.2) is 24.5 Å². The summed E-state index contributed by atoms with van der Waals surface area (Å²) in [6.07, 6.45) is 6.18. The Morgan fingerprint density at radius 1 is 1.48 bits per heavy atom. The van der Waals surface area contributed by atoms with Gasteiger partial charge in [-0.1, -0.05) is 6.07 Å². The van der Waals surface area contributed by atoms with E-state index in [9.17, 15) is 0 Å². The number of likely N-dealkylation sites (N-methyl/N-ethyl adjacent to an activating group) is 1. The van der Waals surface area contributed by atoms with Crippen molar-refractivity contribution in [2.75, 3.05) is 60.2 Å². The van der Waals surface area contributed by atoms with Crippen LogP contribution in [0.1, 0.15) is 18.4 Å². The lowest BCUT2D eigenvalue weighted by molar-refractivity contribution is -0.0917. The lowest BCUT2D eigenvalue weighted by Crippen LogP contribution is -2.46. The van der Waals surface area contributed by atoms with Crippen molar-refractivity contribution in [3.63, 3.8) is 0 Å². The Bertz CT molecular complexity index is 516. The molecular formula is C19H31N3O3. The van der Waals surface area contributed by atoms with Gasteiger partial charge in [-0.2, -0.15) is 0 Å². The molecule has 2 aliphatic rings. The highest BCUT2D eigenvalue weighted by molar-refractivity contribution is 5.08. The molecule has 3 heterocycles. The van der Waals surface area contributed by atoms with Gasteiger partial charge in [0, 0.05) is 52.2 Å². The average molecular weight is 349 g/mol. The molecule has 2 aliphatic heterocycles. The molecular weight excluding hydrogens is 318 g/mol. The Morgan fingerprint density at radius 2 is 2.40 bits per heavy atom. The van der Waals surface area contributed by atoms with Crippen molar-refractivity contribution in [1.82, 2.24) is 14.8 Å². The van der Waals surface area contributed by atoms with Gasteiger partial charge in [-0.25, -0.2) is 0 Å². The molecule has 0 bridgehead atoms. The topological polar surface area (TPSA) is 47.1 Å². The highest BCUT2D eigenvalue weighted by Crippen LogP contribution is 2.33. The second-order valence-electron chi connectivity index (χ2n) is 7.34.